The smallest absolute Gasteiger partial charge is 0.189 e. The first kappa shape index (κ1) is 19.0. The lowest BCUT2D eigenvalue weighted by atomic mass is 9.92. The van der Waals surface area contributed by atoms with E-state index in [2.05, 4.69) is 46.3 Å². The molecule has 4 heteroatoms. The Morgan fingerprint density at radius 2 is 1.57 bits per heavy atom. The summed E-state index contributed by atoms with van der Waals surface area (Å²) < 4.78 is 0. The molecule has 1 aliphatic rings. The van der Waals surface area contributed by atoms with Crippen LogP contribution in [0.4, 0.5) is 5.69 Å². The topological polar surface area (TPSA) is 36.1 Å². The minimum atomic E-state index is 0.0209. The van der Waals surface area contributed by atoms with Gasteiger partial charge >= 0.3 is 0 Å². The van der Waals surface area contributed by atoms with E-state index >= 15 is 0 Å². The van der Waals surface area contributed by atoms with E-state index < -0.39 is 0 Å². The van der Waals surface area contributed by atoms with E-state index in [0.717, 1.165) is 40.9 Å². The van der Waals surface area contributed by atoms with E-state index in [4.69, 9.17) is 11.6 Å². The van der Waals surface area contributed by atoms with Crippen molar-refractivity contribution in [3.8, 4) is 22.3 Å². The molecule has 3 nitrogen and oxygen atoms in total. The van der Waals surface area contributed by atoms with Gasteiger partial charge < -0.3 is 9.88 Å². The van der Waals surface area contributed by atoms with Crippen LogP contribution in [-0.4, -0.2) is 18.1 Å². The Kier molecular flexibility index (Phi) is 5.06. The Balaban J connectivity index is 1.66. The molecule has 4 aromatic rings. The molecule has 30 heavy (non-hydrogen) atoms. The van der Waals surface area contributed by atoms with Crippen LogP contribution in [0.25, 0.3) is 33.2 Å². The number of rotatable bonds is 3. The molecule has 1 N–H and O–H groups in total. The third-order valence-electron chi connectivity index (χ3n) is 5.93. The summed E-state index contributed by atoms with van der Waals surface area (Å²) in [5.74, 6) is 0. The van der Waals surface area contributed by atoms with Crippen molar-refractivity contribution in [2.45, 2.75) is 19.3 Å². The molecule has 3 aromatic carbocycles. The highest BCUT2D eigenvalue weighted by molar-refractivity contribution is 6.30. The molecule has 0 saturated carbocycles. The number of aromatic amines is 1. The van der Waals surface area contributed by atoms with E-state index in [1.54, 1.807) is 12.3 Å². The van der Waals surface area contributed by atoms with Crippen molar-refractivity contribution in [3.05, 3.63) is 88.2 Å². The minimum Gasteiger partial charge on any atom is -0.372 e. The molecule has 0 radical (unpaired) electrons. The molecule has 0 spiro atoms. The van der Waals surface area contributed by atoms with Gasteiger partial charge in [0.2, 0.25) is 0 Å². The van der Waals surface area contributed by atoms with Crippen molar-refractivity contribution in [2.75, 3.05) is 18.0 Å². The summed E-state index contributed by atoms with van der Waals surface area (Å²) in [7, 11) is 0. The highest BCUT2D eigenvalue weighted by Crippen LogP contribution is 2.36. The molecule has 1 saturated heterocycles. The predicted octanol–water partition coefficient (Wildman–Crippen LogP) is 6.51. The predicted molar refractivity (Wildman–Crippen MR) is 127 cm³/mol. The van der Waals surface area contributed by atoms with Gasteiger partial charge in [0.25, 0.3) is 0 Å². The zero-order valence-electron chi connectivity index (χ0n) is 16.7. The molecule has 0 atom stereocenters. The first-order chi connectivity index (χ1) is 14.7. The van der Waals surface area contributed by atoms with E-state index in [9.17, 15) is 4.79 Å². The Bertz CT molecular complexity index is 1250. The molecule has 1 aromatic heterocycles. The Morgan fingerprint density at radius 1 is 0.800 bits per heavy atom. The number of H-pyrrole nitrogens is 1. The molecule has 5 rings (SSSR count). The summed E-state index contributed by atoms with van der Waals surface area (Å²) in [4.78, 5) is 18.1. The summed E-state index contributed by atoms with van der Waals surface area (Å²) in [5.41, 5.74) is 6.32. The number of hydrogen-bond donors (Lipinski definition) is 1. The lowest BCUT2D eigenvalue weighted by Crippen LogP contribution is -2.29. The zero-order valence-corrected chi connectivity index (χ0v) is 17.5. The fraction of sp³-hybridized carbons (Fsp3) is 0.192. The molecule has 2 heterocycles. The van der Waals surface area contributed by atoms with Gasteiger partial charge in [0, 0.05) is 47.0 Å². The van der Waals surface area contributed by atoms with Crippen LogP contribution < -0.4 is 10.3 Å². The molecule has 150 valence electrons. The number of nitrogens with one attached hydrogen (secondary N) is 1. The third-order valence-corrected chi connectivity index (χ3v) is 6.17. The van der Waals surface area contributed by atoms with Gasteiger partial charge in [-0.1, -0.05) is 35.9 Å². The van der Waals surface area contributed by atoms with Crippen molar-refractivity contribution in [2.24, 2.45) is 0 Å². The second kappa shape index (κ2) is 8.00. The lowest BCUT2D eigenvalue weighted by molar-refractivity contribution is 0.578. The highest BCUT2D eigenvalue weighted by atomic mass is 35.5. The molecule has 1 fully saturated rings. The van der Waals surface area contributed by atoms with Gasteiger partial charge in [-0.15, -0.1) is 0 Å². The van der Waals surface area contributed by atoms with Crippen LogP contribution in [0.1, 0.15) is 19.3 Å². The number of anilines is 1. The Morgan fingerprint density at radius 3 is 2.33 bits per heavy atom. The summed E-state index contributed by atoms with van der Waals surface area (Å²) in [6.45, 7) is 2.25. The SMILES string of the molecule is O=c1cc[nH]c2cc(-c3cccc(Cl)c3)c(-c3ccc(N4CCCCC4)cc3)cc12. The Labute approximate surface area is 180 Å². The van der Waals surface area contributed by atoms with Gasteiger partial charge in [-0.3, -0.25) is 4.79 Å². The quantitative estimate of drug-likeness (QED) is 0.415. The summed E-state index contributed by atoms with van der Waals surface area (Å²) >= 11 is 6.28. The molecule has 0 unspecified atom stereocenters. The minimum absolute atomic E-state index is 0.0209. The van der Waals surface area contributed by atoms with Crippen molar-refractivity contribution in [3.63, 3.8) is 0 Å². The van der Waals surface area contributed by atoms with Gasteiger partial charge in [0.15, 0.2) is 5.43 Å². The average molecular weight is 415 g/mol. The number of benzene rings is 3. The van der Waals surface area contributed by atoms with Crippen LogP contribution in [-0.2, 0) is 0 Å². The fourth-order valence-corrected chi connectivity index (χ4v) is 4.55. The molecule has 1 aliphatic heterocycles. The van der Waals surface area contributed by atoms with E-state index in [0.29, 0.717) is 10.4 Å². The van der Waals surface area contributed by atoms with Crippen molar-refractivity contribution in [1.29, 1.82) is 0 Å². The van der Waals surface area contributed by atoms with Gasteiger partial charge in [0.1, 0.15) is 0 Å². The van der Waals surface area contributed by atoms with Gasteiger partial charge in [-0.25, -0.2) is 0 Å². The second-order valence-corrected chi connectivity index (χ2v) is 8.33. The maximum absolute atomic E-state index is 12.5. The number of pyridine rings is 1. The van der Waals surface area contributed by atoms with Crippen LogP contribution in [0.15, 0.2) is 77.7 Å². The first-order valence-electron chi connectivity index (χ1n) is 10.5. The van der Waals surface area contributed by atoms with Crippen LogP contribution in [0.3, 0.4) is 0 Å². The number of nitrogens with zero attached hydrogens (tertiary/aromatic N) is 1. The van der Waals surface area contributed by atoms with E-state index in [1.807, 2.05) is 24.3 Å². The summed E-state index contributed by atoms with van der Waals surface area (Å²) in [6, 6.07) is 22.2. The number of hydrogen-bond acceptors (Lipinski definition) is 2. The van der Waals surface area contributed by atoms with Gasteiger partial charge in [0.05, 0.1) is 0 Å². The first-order valence-corrected chi connectivity index (χ1v) is 10.8. The van der Waals surface area contributed by atoms with Crippen LogP contribution >= 0.6 is 11.6 Å². The van der Waals surface area contributed by atoms with E-state index in [1.165, 1.54) is 24.9 Å². The maximum atomic E-state index is 12.5. The number of aromatic nitrogens is 1. The normalized spacial score (nSPS) is 14.2. The maximum Gasteiger partial charge on any atom is 0.189 e. The average Bonchev–Trinajstić information content (AvgIpc) is 2.79. The third kappa shape index (κ3) is 3.61. The standard InChI is InChI=1S/C26H23ClN2O/c27-20-6-4-5-19(15-20)23-17-25-24(26(30)11-12-28-25)16-22(23)18-7-9-21(10-8-18)29-13-2-1-3-14-29/h4-12,15-17H,1-3,13-14H2,(H,28,30). The molecule has 0 aliphatic carbocycles. The van der Waals surface area contributed by atoms with Crippen LogP contribution in [0, 0.1) is 0 Å². The molecule has 0 amide bonds. The monoisotopic (exact) mass is 414 g/mol. The number of fused-ring (bicyclic) bond motifs is 1. The fourth-order valence-electron chi connectivity index (χ4n) is 4.36. The van der Waals surface area contributed by atoms with E-state index in [-0.39, 0.29) is 5.43 Å². The lowest BCUT2D eigenvalue weighted by Gasteiger charge is -2.29. The van der Waals surface area contributed by atoms with Crippen molar-refractivity contribution in [1.82, 2.24) is 4.98 Å². The van der Waals surface area contributed by atoms with Gasteiger partial charge in [-0.05, 0) is 77.9 Å². The highest BCUT2D eigenvalue weighted by Gasteiger charge is 2.14. The van der Waals surface area contributed by atoms with Crippen molar-refractivity contribution >= 4 is 28.2 Å². The molecular formula is C26H23ClN2O. The molecular weight excluding hydrogens is 392 g/mol. The second-order valence-electron chi connectivity index (χ2n) is 7.89. The number of halogens is 1. The van der Waals surface area contributed by atoms with Crippen LogP contribution in [0.2, 0.25) is 5.02 Å². The molecule has 0 bridgehead atoms. The Hall–Kier alpha value is -3.04. The van der Waals surface area contributed by atoms with Crippen LogP contribution in [0.5, 0.6) is 0 Å². The summed E-state index contributed by atoms with van der Waals surface area (Å²) in [5, 5.41) is 1.39. The zero-order chi connectivity index (χ0) is 20.5. The van der Waals surface area contributed by atoms with Crippen molar-refractivity contribution < 1.29 is 0 Å². The largest absolute Gasteiger partial charge is 0.372 e. The number of piperidine rings is 1. The summed E-state index contributed by atoms with van der Waals surface area (Å²) in [6.07, 6.45) is 5.53. The van der Waals surface area contributed by atoms with Gasteiger partial charge in [-0.2, -0.15) is 0 Å².